The monoisotopic (exact) mass is 444 g/mol. The highest BCUT2D eigenvalue weighted by molar-refractivity contribution is 5.85. The fourth-order valence-electron chi connectivity index (χ4n) is 8.81. The third kappa shape index (κ3) is 4.01. The smallest absolute Gasteiger partial charge is 0.407 e. The molecule has 0 aromatic heterocycles. The molecule has 180 valence electrons. The Labute approximate surface area is 194 Å². The summed E-state index contributed by atoms with van der Waals surface area (Å²) < 4.78 is 5.89. The fourth-order valence-corrected chi connectivity index (χ4v) is 8.81. The minimum absolute atomic E-state index is 0.0456. The number of fused-ring (bicyclic) bond motifs is 5. The van der Waals surface area contributed by atoms with Crippen LogP contribution in [-0.2, 0) is 9.53 Å². The lowest BCUT2D eigenvalue weighted by Crippen LogP contribution is -2.56. The second-order valence-electron chi connectivity index (χ2n) is 12.2. The molecule has 5 rings (SSSR count). The summed E-state index contributed by atoms with van der Waals surface area (Å²) >= 11 is 0. The average Bonchev–Trinajstić information content (AvgIpc) is 3.28. The predicted octanol–water partition coefficient (Wildman–Crippen LogP) is 5.18. The van der Waals surface area contributed by atoms with Crippen molar-refractivity contribution >= 4 is 11.9 Å². The predicted molar refractivity (Wildman–Crippen MR) is 125 cm³/mol. The van der Waals surface area contributed by atoms with Gasteiger partial charge in [-0.3, -0.25) is 4.79 Å². The quantitative estimate of drug-likeness (QED) is 0.649. The zero-order valence-corrected chi connectivity index (χ0v) is 20.4. The molecule has 0 spiro atoms. The second kappa shape index (κ2) is 8.92. The summed E-state index contributed by atoms with van der Waals surface area (Å²) in [6.45, 7) is 8.78. The number of carbonyl (C=O) groups excluding carboxylic acids is 2. The average molecular weight is 445 g/mol. The Morgan fingerprint density at radius 3 is 2.66 bits per heavy atom. The molecule has 1 heterocycles. The molecular weight excluding hydrogens is 400 g/mol. The maximum absolute atomic E-state index is 12.8. The van der Waals surface area contributed by atoms with E-state index in [1.165, 1.54) is 44.9 Å². The summed E-state index contributed by atoms with van der Waals surface area (Å²) in [5, 5.41) is 2.99. The molecular formula is C27H44N2O3. The first-order valence-corrected chi connectivity index (χ1v) is 13.6. The van der Waals surface area contributed by atoms with E-state index >= 15 is 0 Å². The topological polar surface area (TPSA) is 58.6 Å². The van der Waals surface area contributed by atoms with Crippen molar-refractivity contribution < 1.29 is 14.3 Å². The van der Waals surface area contributed by atoms with Gasteiger partial charge < -0.3 is 15.0 Å². The summed E-state index contributed by atoms with van der Waals surface area (Å²) in [7, 11) is 0. The molecule has 1 N–H and O–H groups in total. The van der Waals surface area contributed by atoms with Gasteiger partial charge in [0.2, 0.25) is 0 Å². The van der Waals surface area contributed by atoms with Crippen LogP contribution in [0.3, 0.4) is 0 Å². The third-order valence-corrected chi connectivity index (χ3v) is 10.7. The minimum Gasteiger partial charge on any atom is -0.446 e. The molecule has 5 heteroatoms. The van der Waals surface area contributed by atoms with Crippen LogP contribution in [0.2, 0.25) is 0 Å². The maximum atomic E-state index is 12.8. The number of Topliss-reactive ketones (excluding diaryl/α,β-unsaturated/α-hetero) is 1. The molecule has 5 nitrogen and oxygen atoms in total. The lowest BCUT2D eigenvalue weighted by atomic mass is 9.43. The van der Waals surface area contributed by atoms with Crippen LogP contribution in [0.4, 0.5) is 4.79 Å². The van der Waals surface area contributed by atoms with Crippen LogP contribution < -0.4 is 5.32 Å². The molecule has 0 aromatic rings. The Kier molecular flexibility index (Phi) is 6.32. The minimum atomic E-state index is -0.222. The van der Waals surface area contributed by atoms with Crippen molar-refractivity contribution in [3.8, 4) is 0 Å². The zero-order chi connectivity index (χ0) is 22.3. The van der Waals surface area contributed by atoms with Gasteiger partial charge in [-0.1, -0.05) is 13.8 Å². The van der Waals surface area contributed by atoms with Gasteiger partial charge in [0.05, 0.1) is 0 Å². The molecule has 5 aliphatic rings. The van der Waals surface area contributed by atoms with Crippen molar-refractivity contribution in [3.63, 3.8) is 0 Å². The van der Waals surface area contributed by atoms with Crippen LogP contribution >= 0.6 is 0 Å². The lowest BCUT2D eigenvalue weighted by Gasteiger charge is -2.62. The van der Waals surface area contributed by atoms with Gasteiger partial charge in [0.15, 0.2) is 0 Å². The molecule has 1 saturated heterocycles. The Morgan fingerprint density at radius 1 is 1.03 bits per heavy atom. The Bertz CT molecular complexity index is 720. The SMILES string of the molecule is CC12CCC3C(CCC4CC(OC(=O)NCCN5CCCC5)CCC43C)C1CCCC2=O. The molecule has 7 atom stereocenters. The van der Waals surface area contributed by atoms with E-state index in [9.17, 15) is 9.59 Å². The molecule has 0 bridgehead atoms. The summed E-state index contributed by atoms with van der Waals surface area (Å²) in [6.07, 6.45) is 13.6. The maximum Gasteiger partial charge on any atom is 0.407 e. The van der Waals surface area contributed by atoms with Gasteiger partial charge in [0, 0.05) is 24.9 Å². The van der Waals surface area contributed by atoms with Crippen LogP contribution in [0.1, 0.15) is 90.9 Å². The van der Waals surface area contributed by atoms with E-state index in [0.29, 0.717) is 29.6 Å². The first-order chi connectivity index (χ1) is 15.4. The van der Waals surface area contributed by atoms with E-state index in [-0.39, 0.29) is 17.6 Å². The van der Waals surface area contributed by atoms with Gasteiger partial charge in [-0.05, 0) is 113 Å². The number of hydrogen-bond acceptors (Lipinski definition) is 4. The van der Waals surface area contributed by atoms with E-state index in [0.717, 1.165) is 63.6 Å². The van der Waals surface area contributed by atoms with Gasteiger partial charge in [-0.2, -0.15) is 0 Å². The van der Waals surface area contributed by atoms with Crippen LogP contribution in [0.25, 0.3) is 0 Å². The highest BCUT2D eigenvalue weighted by Crippen LogP contribution is 2.64. The largest absolute Gasteiger partial charge is 0.446 e. The molecule has 1 amide bonds. The van der Waals surface area contributed by atoms with Crippen molar-refractivity contribution in [2.45, 2.75) is 97.0 Å². The molecule has 0 aromatic carbocycles. The standard InChI is InChI=1S/C27H44N2O3/c1-26-12-10-20(32-25(31)28-14-17-29-15-3-4-16-29)18-19(26)8-9-21-22-6-5-7-24(30)27(22,2)13-11-23(21)26/h19-23H,3-18H2,1-2H3,(H,28,31). The summed E-state index contributed by atoms with van der Waals surface area (Å²) in [4.78, 5) is 27.6. The zero-order valence-electron chi connectivity index (χ0n) is 20.4. The Balaban J connectivity index is 1.16. The molecule has 0 radical (unpaired) electrons. The van der Waals surface area contributed by atoms with Gasteiger partial charge in [-0.15, -0.1) is 0 Å². The third-order valence-electron chi connectivity index (χ3n) is 10.7. The van der Waals surface area contributed by atoms with Crippen molar-refractivity contribution in [2.24, 2.45) is 34.5 Å². The van der Waals surface area contributed by atoms with E-state index in [2.05, 4.69) is 24.1 Å². The number of amides is 1. The van der Waals surface area contributed by atoms with Crippen molar-refractivity contribution in [3.05, 3.63) is 0 Å². The number of likely N-dealkylation sites (tertiary alicyclic amines) is 1. The van der Waals surface area contributed by atoms with Crippen LogP contribution in [-0.4, -0.2) is 49.1 Å². The fraction of sp³-hybridized carbons (Fsp3) is 0.926. The molecule has 4 aliphatic carbocycles. The number of alkyl carbamates (subject to hydrolysis) is 1. The van der Waals surface area contributed by atoms with Gasteiger partial charge in [-0.25, -0.2) is 4.79 Å². The molecule has 1 aliphatic heterocycles. The summed E-state index contributed by atoms with van der Waals surface area (Å²) in [6, 6.07) is 0. The highest BCUT2D eigenvalue weighted by Gasteiger charge is 2.59. The second-order valence-corrected chi connectivity index (χ2v) is 12.2. The number of nitrogens with one attached hydrogen (secondary N) is 1. The van der Waals surface area contributed by atoms with E-state index in [1.807, 2.05) is 0 Å². The highest BCUT2D eigenvalue weighted by atomic mass is 16.6. The Hall–Kier alpha value is -1.10. The summed E-state index contributed by atoms with van der Waals surface area (Å²) in [5.41, 5.74) is 0.312. The van der Waals surface area contributed by atoms with Gasteiger partial charge in [0.25, 0.3) is 0 Å². The number of hydrogen-bond donors (Lipinski definition) is 1. The summed E-state index contributed by atoms with van der Waals surface area (Å²) in [5.74, 6) is 3.29. The normalized spacial score (nSPS) is 44.3. The van der Waals surface area contributed by atoms with Gasteiger partial charge >= 0.3 is 6.09 Å². The van der Waals surface area contributed by atoms with E-state index in [4.69, 9.17) is 4.74 Å². The lowest BCUT2D eigenvalue weighted by molar-refractivity contribution is -0.158. The first-order valence-electron chi connectivity index (χ1n) is 13.6. The van der Waals surface area contributed by atoms with Crippen LogP contribution in [0.15, 0.2) is 0 Å². The van der Waals surface area contributed by atoms with E-state index in [1.54, 1.807) is 0 Å². The van der Waals surface area contributed by atoms with Crippen LogP contribution in [0, 0.1) is 34.5 Å². The number of nitrogens with zero attached hydrogens (tertiary/aromatic N) is 1. The van der Waals surface area contributed by atoms with Crippen LogP contribution in [0.5, 0.6) is 0 Å². The van der Waals surface area contributed by atoms with Crippen molar-refractivity contribution in [1.82, 2.24) is 10.2 Å². The number of carbonyl (C=O) groups is 2. The molecule has 7 unspecified atom stereocenters. The first kappa shape index (κ1) is 22.7. The molecule has 5 fully saturated rings. The number of rotatable bonds is 4. The number of ketones is 1. The molecule has 32 heavy (non-hydrogen) atoms. The number of ether oxygens (including phenoxy) is 1. The van der Waals surface area contributed by atoms with Crippen molar-refractivity contribution in [2.75, 3.05) is 26.2 Å². The Morgan fingerprint density at radius 2 is 1.84 bits per heavy atom. The molecule has 4 saturated carbocycles. The van der Waals surface area contributed by atoms with Gasteiger partial charge in [0.1, 0.15) is 11.9 Å². The van der Waals surface area contributed by atoms with E-state index < -0.39 is 0 Å². The van der Waals surface area contributed by atoms with Crippen molar-refractivity contribution in [1.29, 1.82) is 0 Å².